The molecule has 0 amide bonds. The number of H-pyrrole nitrogens is 2. The monoisotopic (exact) mass is 525 g/mol. The van der Waals surface area contributed by atoms with Crippen molar-refractivity contribution in [2.24, 2.45) is 0 Å². The van der Waals surface area contributed by atoms with Crippen molar-refractivity contribution >= 4 is 22.1 Å². The summed E-state index contributed by atoms with van der Waals surface area (Å²) in [6.07, 6.45) is 8.42. The van der Waals surface area contributed by atoms with E-state index in [0.29, 0.717) is 18.3 Å². The molecule has 5 aromatic rings. The summed E-state index contributed by atoms with van der Waals surface area (Å²) in [5.74, 6) is 0.723. The van der Waals surface area contributed by atoms with E-state index in [1.165, 1.54) is 24.5 Å². The van der Waals surface area contributed by atoms with Gasteiger partial charge in [0, 0.05) is 35.8 Å². The number of halogens is 1. The summed E-state index contributed by atoms with van der Waals surface area (Å²) >= 11 is 0. The number of nitrogens with zero attached hydrogens (tertiary/aromatic N) is 4. The molecule has 0 aliphatic carbocycles. The second kappa shape index (κ2) is 10.4. The van der Waals surface area contributed by atoms with Crippen LogP contribution >= 0.6 is 0 Å². The summed E-state index contributed by atoms with van der Waals surface area (Å²) in [7, 11) is 0. The molecule has 9 heteroatoms. The molecule has 2 aliphatic heterocycles. The maximum Gasteiger partial charge on any atom is 0.155 e. The highest BCUT2D eigenvalue weighted by atomic mass is 19.1. The number of aromatic amines is 2. The van der Waals surface area contributed by atoms with Crippen molar-refractivity contribution in [3.63, 3.8) is 0 Å². The number of rotatable bonds is 7. The van der Waals surface area contributed by atoms with Crippen LogP contribution in [0.5, 0.6) is 5.75 Å². The van der Waals surface area contributed by atoms with Crippen molar-refractivity contribution in [3.8, 4) is 28.3 Å². The van der Waals surface area contributed by atoms with E-state index in [4.69, 9.17) is 4.74 Å². The molecule has 2 saturated heterocycles. The highest BCUT2D eigenvalue weighted by Crippen LogP contribution is 2.35. The maximum absolute atomic E-state index is 14.7. The molecule has 1 aromatic carbocycles. The molecule has 200 valence electrons. The molecule has 7 rings (SSSR count). The largest absolute Gasteiger partial charge is 0.492 e. The van der Waals surface area contributed by atoms with Gasteiger partial charge in [0.05, 0.1) is 5.69 Å². The Balaban J connectivity index is 1.20. The number of ether oxygens (including phenoxy) is 1. The molecule has 0 spiro atoms. The summed E-state index contributed by atoms with van der Waals surface area (Å²) in [4.78, 5) is 15.0. The first-order chi connectivity index (χ1) is 19.2. The van der Waals surface area contributed by atoms with E-state index in [-0.39, 0.29) is 5.82 Å². The van der Waals surface area contributed by atoms with Crippen molar-refractivity contribution in [1.29, 1.82) is 0 Å². The standard InChI is InChI=1S/C30H32FN7O/c31-22-13-20(14-23(16-22)39-12-11-38-9-1-2-10-38)24-5-8-33-29-25(24)17-27(35-29)28-26-15-21(18-34-30(26)37-36-28)19-3-6-32-7-4-19/h5,8,13-19,32H,1-4,6-7,9-12H2,(H,33,35)(H,34,36,37). The second-order valence-corrected chi connectivity index (χ2v) is 10.6. The lowest BCUT2D eigenvalue weighted by Crippen LogP contribution is -2.26. The summed E-state index contributed by atoms with van der Waals surface area (Å²) < 4.78 is 20.7. The first kappa shape index (κ1) is 24.2. The number of hydrogen-bond donors (Lipinski definition) is 3. The molecule has 2 fully saturated rings. The molecule has 0 saturated carbocycles. The number of pyridine rings is 2. The van der Waals surface area contributed by atoms with Gasteiger partial charge in [-0.1, -0.05) is 0 Å². The van der Waals surface area contributed by atoms with E-state index >= 15 is 0 Å². The fraction of sp³-hybridized carbons (Fsp3) is 0.367. The van der Waals surface area contributed by atoms with Crippen LogP contribution in [0, 0.1) is 5.82 Å². The van der Waals surface area contributed by atoms with Crippen molar-refractivity contribution in [2.75, 3.05) is 39.3 Å². The van der Waals surface area contributed by atoms with Crippen molar-refractivity contribution in [2.45, 2.75) is 31.6 Å². The summed E-state index contributed by atoms with van der Waals surface area (Å²) in [6, 6.07) is 11.1. The number of likely N-dealkylation sites (tertiary alicyclic amines) is 1. The van der Waals surface area contributed by atoms with Crippen LogP contribution < -0.4 is 10.1 Å². The van der Waals surface area contributed by atoms with Gasteiger partial charge < -0.3 is 15.0 Å². The number of nitrogens with one attached hydrogen (secondary N) is 3. The first-order valence-electron chi connectivity index (χ1n) is 13.9. The molecule has 8 nitrogen and oxygen atoms in total. The van der Waals surface area contributed by atoms with E-state index in [2.05, 4.69) is 41.4 Å². The molecule has 2 aliphatic rings. The lowest BCUT2D eigenvalue weighted by Gasteiger charge is -2.22. The minimum absolute atomic E-state index is 0.320. The van der Waals surface area contributed by atoms with Crippen LogP contribution in [0.2, 0.25) is 0 Å². The fourth-order valence-corrected chi connectivity index (χ4v) is 6.01. The van der Waals surface area contributed by atoms with Crippen molar-refractivity contribution < 1.29 is 9.13 Å². The predicted molar refractivity (Wildman–Crippen MR) is 150 cm³/mol. The summed E-state index contributed by atoms with van der Waals surface area (Å²) in [5, 5.41) is 13.0. The zero-order chi connectivity index (χ0) is 26.2. The third kappa shape index (κ3) is 4.88. The van der Waals surface area contributed by atoms with Gasteiger partial charge in [-0.25, -0.2) is 14.4 Å². The Kier molecular flexibility index (Phi) is 6.46. The smallest absolute Gasteiger partial charge is 0.155 e. The fourth-order valence-electron chi connectivity index (χ4n) is 6.01. The Hall–Kier alpha value is -3.82. The van der Waals surface area contributed by atoms with Gasteiger partial charge in [0.1, 0.15) is 29.5 Å². The van der Waals surface area contributed by atoms with Gasteiger partial charge >= 0.3 is 0 Å². The Bertz CT molecular complexity index is 1610. The molecule has 39 heavy (non-hydrogen) atoms. The molecule has 3 N–H and O–H groups in total. The van der Waals surface area contributed by atoms with E-state index in [1.807, 2.05) is 24.4 Å². The van der Waals surface area contributed by atoms with Gasteiger partial charge in [-0.05, 0) is 105 Å². The average Bonchev–Trinajstić information content (AvgIpc) is 3.72. The lowest BCUT2D eigenvalue weighted by atomic mass is 9.91. The van der Waals surface area contributed by atoms with Crippen LogP contribution in [-0.2, 0) is 0 Å². The van der Waals surface area contributed by atoms with E-state index in [9.17, 15) is 4.39 Å². The minimum atomic E-state index is -0.320. The topological polar surface area (TPSA) is 94.8 Å². The molecule has 0 atom stereocenters. The third-order valence-electron chi connectivity index (χ3n) is 8.09. The molecular formula is C30H32FN7O. The SMILES string of the molecule is Fc1cc(OCCN2CCCC2)cc(-c2ccnc3[nH]c(-c4n[nH]c5ncc(C6CCNCC6)cc45)cc23)c1. The van der Waals surface area contributed by atoms with Crippen molar-refractivity contribution in [3.05, 3.63) is 60.2 Å². The molecule has 0 bridgehead atoms. The minimum Gasteiger partial charge on any atom is -0.492 e. The number of aromatic nitrogens is 5. The highest BCUT2D eigenvalue weighted by molar-refractivity contribution is 5.99. The van der Waals surface area contributed by atoms with Crippen LogP contribution in [0.25, 0.3) is 44.6 Å². The van der Waals surface area contributed by atoms with E-state index < -0.39 is 0 Å². The van der Waals surface area contributed by atoms with E-state index in [0.717, 1.165) is 90.1 Å². The quantitative estimate of drug-likeness (QED) is 0.269. The first-order valence-corrected chi connectivity index (χ1v) is 13.9. The van der Waals surface area contributed by atoms with Gasteiger partial charge in [-0.2, -0.15) is 5.10 Å². The van der Waals surface area contributed by atoms with E-state index in [1.54, 1.807) is 12.3 Å². The number of benzene rings is 1. The maximum atomic E-state index is 14.7. The van der Waals surface area contributed by atoms with Crippen LogP contribution in [0.1, 0.15) is 37.2 Å². The molecular weight excluding hydrogens is 493 g/mol. The predicted octanol–water partition coefficient (Wildman–Crippen LogP) is 5.25. The Labute approximate surface area is 226 Å². The summed E-state index contributed by atoms with van der Waals surface area (Å²) in [5.41, 5.74) is 6.03. The van der Waals surface area contributed by atoms with Crippen LogP contribution in [0.4, 0.5) is 4.39 Å². The molecule has 0 radical (unpaired) electrons. The number of hydrogen-bond acceptors (Lipinski definition) is 6. The van der Waals surface area contributed by atoms with Gasteiger partial charge in [0.15, 0.2) is 5.65 Å². The van der Waals surface area contributed by atoms with Gasteiger partial charge in [0.25, 0.3) is 0 Å². The van der Waals surface area contributed by atoms with Crippen LogP contribution in [0.3, 0.4) is 0 Å². The molecule has 6 heterocycles. The van der Waals surface area contributed by atoms with Crippen LogP contribution in [0.15, 0.2) is 48.8 Å². The van der Waals surface area contributed by atoms with Crippen LogP contribution in [-0.4, -0.2) is 69.4 Å². The Morgan fingerprint density at radius 2 is 1.85 bits per heavy atom. The molecule has 0 unspecified atom stereocenters. The molecule has 4 aromatic heterocycles. The Morgan fingerprint density at radius 3 is 2.72 bits per heavy atom. The lowest BCUT2D eigenvalue weighted by molar-refractivity contribution is 0.237. The Morgan fingerprint density at radius 1 is 0.974 bits per heavy atom. The van der Waals surface area contributed by atoms with Gasteiger partial charge in [0.2, 0.25) is 0 Å². The normalized spacial score (nSPS) is 16.9. The average molecular weight is 526 g/mol. The third-order valence-corrected chi connectivity index (χ3v) is 8.09. The zero-order valence-corrected chi connectivity index (χ0v) is 21.8. The van der Waals surface area contributed by atoms with Gasteiger partial charge in [-0.15, -0.1) is 0 Å². The zero-order valence-electron chi connectivity index (χ0n) is 21.8. The van der Waals surface area contributed by atoms with Crippen molar-refractivity contribution in [1.82, 2.24) is 35.4 Å². The summed E-state index contributed by atoms with van der Waals surface area (Å²) in [6.45, 7) is 5.69. The number of piperidine rings is 1. The van der Waals surface area contributed by atoms with Gasteiger partial charge in [-0.3, -0.25) is 10.00 Å². The highest BCUT2D eigenvalue weighted by Gasteiger charge is 2.20. The second-order valence-electron chi connectivity index (χ2n) is 10.6. The number of fused-ring (bicyclic) bond motifs is 2.